The number of sulfone groups is 1. The van der Waals surface area contributed by atoms with Gasteiger partial charge in [0.1, 0.15) is 11.6 Å². The highest BCUT2D eigenvalue weighted by atomic mass is 32.2. The zero-order valence-electron chi connectivity index (χ0n) is 15.3. The van der Waals surface area contributed by atoms with E-state index in [9.17, 15) is 22.0 Å². The minimum Gasteiger partial charge on any atom is -0.465 e. The van der Waals surface area contributed by atoms with Crippen molar-refractivity contribution in [1.29, 1.82) is 0 Å². The molecule has 0 bridgehead atoms. The molecule has 0 aliphatic heterocycles. The van der Waals surface area contributed by atoms with E-state index in [-0.39, 0.29) is 20.9 Å². The molecule has 3 rings (SSSR count). The molecule has 0 spiro atoms. The molecule has 29 heavy (non-hydrogen) atoms. The molecule has 7 heteroatoms. The summed E-state index contributed by atoms with van der Waals surface area (Å²) < 4.78 is 57.2. The van der Waals surface area contributed by atoms with Crippen LogP contribution in [0.1, 0.15) is 21.5 Å². The third kappa shape index (κ3) is 4.41. The van der Waals surface area contributed by atoms with Crippen molar-refractivity contribution in [2.24, 2.45) is 0 Å². The maximum absolute atomic E-state index is 13.7. The summed E-state index contributed by atoms with van der Waals surface area (Å²) in [5.74, 6) is -2.11. The molecule has 0 amide bonds. The van der Waals surface area contributed by atoms with Crippen molar-refractivity contribution in [2.75, 3.05) is 7.11 Å². The lowest BCUT2D eigenvalue weighted by atomic mass is 10.1. The van der Waals surface area contributed by atoms with E-state index < -0.39 is 27.4 Å². The molecular formula is C22H16F2O4S. The van der Waals surface area contributed by atoms with E-state index in [1.807, 2.05) is 0 Å². The molecule has 0 unspecified atom stereocenters. The van der Waals surface area contributed by atoms with Gasteiger partial charge >= 0.3 is 5.97 Å². The van der Waals surface area contributed by atoms with Gasteiger partial charge < -0.3 is 4.74 Å². The fourth-order valence-electron chi connectivity index (χ4n) is 2.69. The van der Waals surface area contributed by atoms with Gasteiger partial charge in [0.15, 0.2) is 0 Å². The zero-order chi connectivity index (χ0) is 21.0. The Labute approximate surface area is 167 Å². The van der Waals surface area contributed by atoms with Crippen LogP contribution in [0.3, 0.4) is 0 Å². The normalized spacial score (nSPS) is 11.6. The highest BCUT2D eigenvalue weighted by molar-refractivity contribution is 7.91. The van der Waals surface area contributed by atoms with E-state index in [1.54, 1.807) is 24.3 Å². The molecule has 0 aromatic heterocycles. The van der Waals surface area contributed by atoms with Crippen molar-refractivity contribution in [3.63, 3.8) is 0 Å². The van der Waals surface area contributed by atoms with Gasteiger partial charge in [-0.1, -0.05) is 36.4 Å². The molecule has 0 aliphatic rings. The Hall–Kier alpha value is -3.32. The molecule has 0 radical (unpaired) electrons. The Kier molecular flexibility index (Phi) is 5.89. The monoisotopic (exact) mass is 414 g/mol. The fourth-order valence-corrected chi connectivity index (χ4v) is 4.13. The number of benzene rings is 3. The lowest BCUT2D eigenvalue weighted by molar-refractivity contribution is 0.0596. The molecule has 0 saturated heterocycles. The third-order valence-electron chi connectivity index (χ3n) is 4.19. The van der Waals surface area contributed by atoms with Crippen molar-refractivity contribution < 1.29 is 26.7 Å². The van der Waals surface area contributed by atoms with E-state index in [1.165, 1.54) is 49.6 Å². The van der Waals surface area contributed by atoms with Crippen LogP contribution in [0.25, 0.3) is 12.2 Å². The fraction of sp³-hybridized carbons (Fsp3) is 0.0455. The van der Waals surface area contributed by atoms with Crippen LogP contribution in [-0.4, -0.2) is 21.5 Å². The standard InChI is InChI=1S/C22H16F2O4S/c1-28-22(25)19-4-2-3-5-21(19)29(26,27)18-12-7-15(8-13-18)6-9-16-10-11-17(23)14-20(16)24/h2-14H,1H3/b9-6+. The second-order valence-corrected chi connectivity index (χ2v) is 7.98. The maximum atomic E-state index is 13.7. The molecular weight excluding hydrogens is 398 g/mol. The van der Waals surface area contributed by atoms with Crippen LogP contribution < -0.4 is 0 Å². The van der Waals surface area contributed by atoms with Crippen LogP contribution >= 0.6 is 0 Å². The minimum absolute atomic E-state index is 0.000958. The lowest BCUT2D eigenvalue weighted by Gasteiger charge is -2.09. The van der Waals surface area contributed by atoms with Crippen molar-refractivity contribution in [1.82, 2.24) is 0 Å². The molecule has 0 fully saturated rings. The number of ether oxygens (including phenoxy) is 1. The SMILES string of the molecule is COC(=O)c1ccccc1S(=O)(=O)c1ccc(/C=C/c2ccc(F)cc2F)cc1. The number of carbonyl (C=O) groups excluding carboxylic acids is 1. The second kappa shape index (κ2) is 8.36. The van der Waals surface area contributed by atoms with Crippen molar-refractivity contribution in [3.05, 3.63) is 95.1 Å². The molecule has 4 nitrogen and oxygen atoms in total. The quantitative estimate of drug-likeness (QED) is 0.446. The van der Waals surface area contributed by atoms with Crippen LogP contribution in [0.15, 0.2) is 76.5 Å². The highest BCUT2D eigenvalue weighted by Gasteiger charge is 2.24. The van der Waals surface area contributed by atoms with Crippen molar-refractivity contribution in [2.45, 2.75) is 9.79 Å². The van der Waals surface area contributed by atoms with Crippen LogP contribution in [0.4, 0.5) is 8.78 Å². The van der Waals surface area contributed by atoms with Gasteiger partial charge in [0.05, 0.1) is 22.5 Å². The summed E-state index contributed by atoms with van der Waals surface area (Å²) in [7, 11) is -2.77. The molecule has 0 saturated carbocycles. The van der Waals surface area contributed by atoms with E-state index >= 15 is 0 Å². The summed E-state index contributed by atoms with van der Waals surface area (Å²) >= 11 is 0. The van der Waals surface area contributed by atoms with Gasteiger partial charge in [0.2, 0.25) is 9.84 Å². The summed E-state index contributed by atoms with van der Waals surface area (Å²) in [5.41, 5.74) is 0.773. The first-order valence-electron chi connectivity index (χ1n) is 8.48. The number of methoxy groups -OCH3 is 1. The van der Waals surface area contributed by atoms with Gasteiger partial charge in [-0.3, -0.25) is 0 Å². The van der Waals surface area contributed by atoms with E-state index in [0.717, 1.165) is 12.1 Å². The van der Waals surface area contributed by atoms with Crippen LogP contribution in [0.2, 0.25) is 0 Å². The predicted octanol–water partition coefficient (Wildman–Crippen LogP) is 4.75. The summed E-state index contributed by atoms with van der Waals surface area (Å²) in [5, 5.41) is 0. The molecule has 3 aromatic carbocycles. The lowest BCUT2D eigenvalue weighted by Crippen LogP contribution is -2.11. The number of rotatable bonds is 5. The average Bonchev–Trinajstić information content (AvgIpc) is 2.73. The molecule has 0 heterocycles. The first-order chi connectivity index (χ1) is 13.8. The number of esters is 1. The van der Waals surface area contributed by atoms with Crippen molar-refractivity contribution >= 4 is 28.0 Å². The van der Waals surface area contributed by atoms with E-state index in [0.29, 0.717) is 5.56 Å². The Balaban J connectivity index is 1.90. The summed E-state index contributed by atoms with van der Waals surface area (Å²) in [6, 6.07) is 14.9. The van der Waals surface area contributed by atoms with Crippen LogP contribution in [0.5, 0.6) is 0 Å². The van der Waals surface area contributed by atoms with Gasteiger partial charge in [0.25, 0.3) is 0 Å². The smallest absolute Gasteiger partial charge is 0.339 e. The Bertz CT molecular complexity index is 1180. The summed E-state index contributed by atoms with van der Waals surface area (Å²) in [4.78, 5) is 11.7. The largest absolute Gasteiger partial charge is 0.465 e. The Morgan fingerprint density at radius 2 is 1.62 bits per heavy atom. The molecule has 3 aromatic rings. The van der Waals surface area contributed by atoms with E-state index in [2.05, 4.69) is 4.74 Å². The number of carbonyl (C=O) groups is 1. The van der Waals surface area contributed by atoms with Gasteiger partial charge in [-0.05, 0) is 42.0 Å². The topological polar surface area (TPSA) is 60.4 Å². The van der Waals surface area contributed by atoms with E-state index in [4.69, 9.17) is 0 Å². The second-order valence-electron chi connectivity index (χ2n) is 6.06. The third-order valence-corrected chi connectivity index (χ3v) is 6.02. The zero-order valence-corrected chi connectivity index (χ0v) is 16.1. The van der Waals surface area contributed by atoms with Crippen LogP contribution in [-0.2, 0) is 14.6 Å². The Morgan fingerprint density at radius 1 is 0.931 bits per heavy atom. The molecule has 0 aliphatic carbocycles. The maximum Gasteiger partial charge on any atom is 0.339 e. The van der Waals surface area contributed by atoms with Gasteiger partial charge in [0, 0.05) is 11.6 Å². The van der Waals surface area contributed by atoms with Gasteiger partial charge in [-0.15, -0.1) is 0 Å². The first kappa shape index (κ1) is 20.4. The Morgan fingerprint density at radius 3 is 2.28 bits per heavy atom. The molecule has 0 atom stereocenters. The predicted molar refractivity (Wildman–Crippen MR) is 105 cm³/mol. The average molecular weight is 414 g/mol. The molecule has 148 valence electrons. The van der Waals surface area contributed by atoms with Gasteiger partial charge in [-0.25, -0.2) is 22.0 Å². The minimum atomic E-state index is -3.95. The molecule has 0 N–H and O–H groups in total. The van der Waals surface area contributed by atoms with Crippen LogP contribution in [0, 0.1) is 11.6 Å². The van der Waals surface area contributed by atoms with Gasteiger partial charge in [-0.2, -0.15) is 0 Å². The number of hydrogen-bond acceptors (Lipinski definition) is 4. The summed E-state index contributed by atoms with van der Waals surface area (Å²) in [6.07, 6.45) is 3.04. The highest BCUT2D eigenvalue weighted by Crippen LogP contribution is 2.25. The number of halogens is 2. The summed E-state index contributed by atoms with van der Waals surface area (Å²) in [6.45, 7) is 0. The first-order valence-corrected chi connectivity index (χ1v) is 9.97. The number of hydrogen-bond donors (Lipinski definition) is 0. The van der Waals surface area contributed by atoms with Crippen molar-refractivity contribution in [3.8, 4) is 0 Å².